The van der Waals surface area contributed by atoms with Crippen LogP contribution in [0.15, 0.2) is 36.4 Å². The highest BCUT2D eigenvalue weighted by Crippen LogP contribution is 2.28. The normalized spacial score (nSPS) is 10.7. The number of thiazole rings is 1. The molecular weight excluding hydrogens is 338 g/mol. The minimum absolute atomic E-state index is 0.0351. The zero-order valence-electron chi connectivity index (χ0n) is 12.1. The highest BCUT2D eigenvalue weighted by Gasteiger charge is 2.13. The van der Waals surface area contributed by atoms with Crippen LogP contribution in [0.25, 0.3) is 10.2 Å². The smallest absolute Gasteiger partial charge is 0.338 e. The molecule has 0 bridgehead atoms. The van der Waals surface area contributed by atoms with Crippen molar-refractivity contribution in [3.05, 3.63) is 52.0 Å². The van der Waals surface area contributed by atoms with E-state index in [1.54, 1.807) is 12.1 Å². The molecule has 1 N–H and O–H groups in total. The van der Waals surface area contributed by atoms with Crippen LogP contribution in [0.4, 0.5) is 0 Å². The minimum Gasteiger partial charge on any atom is -0.504 e. The van der Waals surface area contributed by atoms with E-state index in [4.69, 9.17) is 21.1 Å². The van der Waals surface area contributed by atoms with Crippen LogP contribution in [-0.4, -0.2) is 23.2 Å². The maximum atomic E-state index is 12.1. The summed E-state index contributed by atoms with van der Waals surface area (Å²) < 4.78 is 11.2. The van der Waals surface area contributed by atoms with Gasteiger partial charge in [0, 0.05) is 5.02 Å². The number of carbonyl (C=O) groups is 1. The van der Waals surface area contributed by atoms with Crippen LogP contribution in [0, 0.1) is 0 Å². The van der Waals surface area contributed by atoms with Crippen molar-refractivity contribution >= 4 is 39.1 Å². The lowest BCUT2D eigenvalue weighted by Crippen LogP contribution is -2.05. The summed E-state index contributed by atoms with van der Waals surface area (Å²) in [4.78, 5) is 16.4. The lowest BCUT2D eigenvalue weighted by atomic mass is 10.2. The van der Waals surface area contributed by atoms with E-state index in [0.717, 1.165) is 10.2 Å². The number of methoxy groups -OCH3 is 1. The molecule has 118 valence electrons. The third-order valence-electron chi connectivity index (χ3n) is 3.14. The molecular formula is C16H12ClNO4S. The van der Waals surface area contributed by atoms with Gasteiger partial charge >= 0.3 is 5.97 Å². The Morgan fingerprint density at radius 3 is 2.91 bits per heavy atom. The molecule has 23 heavy (non-hydrogen) atoms. The third kappa shape index (κ3) is 3.38. The summed E-state index contributed by atoms with van der Waals surface area (Å²) in [7, 11) is 1.41. The number of rotatable bonds is 4. The number of carbonyl (C=O) groups excluding carboxylic acids is 1. The van der Waals surface area contributed by atoms with Crippen molar-refractivity contribution < 1.29 is 19.4 Å². The number of nitrogens with zero attached hydrogens (tertiary/aromatic N) is 1. The number of hydrogen-bond acceptors (Lipinski definition) is 6. The van der Waals surface area contributed by atoms with Crippen molar-refractivity contribution in [2.24, 2.45) is 0 Å². The second kappa shape index (κ2) is 6.44. The predicted molar refractivity (Wildman–Crippen MR) is 88.4 cm³/mol. The van der Waals surface area contributed by atoms with Gasteiger partial charge in [-0.05, 0) is 36.4 Å². The van der Waals surface area contributed by atoms with Crippen molar-refractivity contribution in [1.29, 1.82) is 0 Å². The molecule has 0 aliphatic heterocycles. The number of hydrogen-bond donors (Lipinski definition) is 1. The molecule has 5 nitrogen and oxygen atoms in total. The molecule has 0 saturated heterocycles. The Labute approximate surface area is 141 Å². The number of aromatic nitrogens is 1. The van der Waals surface area contributed by atoms with Crippen LogP contribution in [0.2, 0.25) is 5.02 Å². The van der Waals surface area contributed by atoms with Gasteiger partial charge in [0.2, 0.25) is 0 Å². The standard InChI is InChI=1S/C16H12ClNO4S/c1-21-13-6-9(2-4-12(13)19)16(20)22-8-15-18-11-7-10(17)3-5-14(11)23-15/h2-7,19H,8H2,1H3. The van der Waals surface area contributed by atoms with Gasteiger partial charge in [0.05, 0.1) is 22.9 Å². The molecule has 1 aromatic heterocycles. The lowest BCUT2D eigenvalue weighted by Gasteiger charge is -2.06. The number of phenolic OH excluding ortho intramolecular Hbond substituents is 1. The van der Waals surface area contributed by atoms with E-state index < -0.39 is 5.97 Å². The predicted octanol–water partition coefficient (Wildman–Crippen LogP) is 4.02. The van der Waals surface area contributed by atoms with Crippen molar-refractivity contribution in [2.45, 2.75) is 6.61 Å². The molecule has 0 saturated carbocycles. The van der Waals surface area contributed by atoms with Crippen LogP contribution in [0.3, 0.4) is 0 Å². The van der Waals surface area contributed by atoms with Gasteiger partial charge in [-0.3, -0.25) is 0 Å². The Morgan fingerprint density at radius 1 is 1.30 bits per heavy atom. The van der Waals surface area contributed by atoms with Crippen LogP contribution >= 0.6 is 22.9 Å². The number of ether oxygens (including phenoxy) is 2. The van der Waals surface area contributed by atoms with Gasteiger partial charge in [-0.15, -0.1) is 11.3 Å². The highest BCUT2D eigenvalue weighted by atomic mass is 35.5. The number of aromatic hydroxyl groups is 1. The first-order valence-corrected chi connectivity index (χ1v) is 7.85. The zero-order valence-corrected chi connectivity index (χ0v) is 13.6. The van der Waals surface area contributed by atoms with Gasteiger partial charge in [0.25, 0.3) is 0 Å². The van der Waals surface area contributed by atoms with Crippen LogP contribution < -0.4 is 4.74 Å². The summed E-state index contributed by atoms with van der Waals surface area (Å²) in [6, 6.07) is 9.72. The van der Waals surface area contributed by atoms with E-state index in [1.165, 1.54) is 36.6 Å². The van der Waals surface area contributed by atoms with Gasteiger partial charge in [0.15, 0.2) is 11.5 Å². The molecule has 0 fully saturated rings. The molecule has 0 radical (unpaired) electrons. The summed E-state index contributed by atoms with van der Waals surface area (Å²) in [6.45, 7) is 0.0684. The molecule has 0 aliphatic rings. The first-order chi connectivity index (χ1) is 11.1. The lowest BCUT2D eigenvalue weighted by molar-refractivity contribution is 0.0472. The largest absolute Gasteiger partial charge is 0.504 e. The molecule has 1 heterocycles. The average molecular weight is 350 g/mol. The number of halogens is 1. The van der Waals surface area contributed by atoms with E-state index in [-0.39, 0.29) is 18.1 Å². The maximum absolute atomic E-state index is 12.1. The SMILES string of the molecule is COc1cc(C(=O)OCc2nc3cc(Cl)ccc3s2)ccc1O. The molecule has 0 unspecified atom stereocenters. The Hall–Kier alpha value is -2.31. The molecule has 7 heteroatoms. The summed E-state index contributed by atoms with van der Waals surface area (Å²) in [5, 5.41) is 10.8. The van der Waals surface area contributed by atoms with E-state index in [0.29, 0.717) is 15.6 Å². The van der Waals surface area contributed by atoms with E-state index in [1.807, 2.05) is 6.07 Å². The second-order valence-electron chi connectivity index (χ2n) is 4.68. The van der Waals surface area contributed by atoms with Crippen molar-refractivity contribution in [1.82, 2.24) is 4.98 Å². The summed E-state index contributed by atoms with van der Waals surface area (Å²) in [5.41, 5.74) is 1.07. The number of esters is 1. The Balaban J connectivity index is 1.72. The topological polar surface area (TPSA) is 68.7 Å². The maximum Gasteiger partial charge on any atom is 0.338 e. The molecule has 3 rings (SSSR count). The summed E-state index contributed by atoms with van der Waals surface area (Å²) in [6.07, 6.45) is 0. The fourth-order valence-corrected chi connectivity index (χ4v) is 3.05. The number of phenols is 1. The van der Waals surface area contributed by atoms with Crippen molar-refractivity contribution in [3.63, 3.8) is 0 Å². The molecule has 0 amide bonds. The van der Waals surface area contributed by atoms with Crippen molar-refractivity contribution in [2.75, 3.05) is 7.11 Å². The monoisotopic (exact) mass is 349 g/mol. The van der Waals surface area contributed by atoms with Gasteiger partial charge in [0.1, 0.15) is 11.6 Å². The second-order valence-corrected chi connectivity index (χ2v) is 6.23. The first kappa shape index (κ1) is 15.6. The van der Waals surface area contributed by atoms with Gasteiger partial charge in [-0.25, -0.2) is 9.78 Å². The Morgan fingerprint density at radius 2 is 2.13 bits per heavy atom. The van der Waals surface area contributed by atoms with Gasteiger partial charge < -0.3 is 14.6 Å². The van der Waals surface area contributed by atoms with E-state index >= 15 is 0 Å². The molecule has 0 aliphatic carbocycles. The molecule has 2 aromatic carbocycles. The van der Waals surface area contributed by atoms with Crippen molar-refractivity contribution in [3.8, 4) is 11.5 Å². The van der Waals surface area contributed by atoms with Gasteiger partial charge in [-0.1, -0.05) is 11.6 Å². The fourth-order valence-electron chi connectivity index (χ4n) is 2.03. The average Bonchev–Trinajstić information content (AvgIpc) is 2.95. The first-order valence-electron chi connectivity index (χ1n) is 6.66. The number of fused-ring (bicyclic) bond motifs is 1. The summed E-state index contributed by atoms with van der Waals surface area (Å²) >= 11 is 7.37. The van der Waals surface area contributed by atoms with Crippen LogP contribution in [0.1, 0.15) is 15.4 Å². The molecule has 0 spiro atoms. The number of benzene rings is 2. The van der Waals surface area contributed by atoms with Crippen LogP contribution in [0.5, 0.6) is 11.5 Å². The third-order valence-corrected chi connectivity index (χ3v) is 4.38. The minimum atomic E-state index is -0.513. The highest BCUT2D eigenvalue weighted by molar-refractivity contribution is 7.18. The fraction of sp³-hybridized carbons (Fsp3) is 0.125. The Bertz CT molecular complexity index is 878. The molecule has 3 aromatic rings. The van der Waals surface area contributed by atoms with Crippen LogP contribution in [-0.2, 0) is 11.3 Å². The zero-order chi connectivity index (χ0) is 16.4. The van der Waals surface area contributed by atoms with Gasteiger partial charge in [-0.2, -0.15) is 0 Å². The molecule has 0 atom stereocenters. The summed E-state index contributed by atoms with van der Waals surface area (Å²) in [5.74, 6) is -0.332. The van der Waals surface area contributed by atoms with E-state index in [9.17, 15) is 9.90 Å². The Kier molecular flexibility index (Phi) is 4.36. The quantitative estimate of drug-likeness (QED) is 0.720. The van der Waals surface area contributed by atoms with E-state index in [2.05, 4.69) is 4.98 Å².